The number of methoxy groups -OCH3 is 1. The highest BCUT2D eigenvalue weighted by atomic mass is 32.2. The second-order valence-corrected chi connectivity index (χ2v) is 6.30. The van der Waals surface area contributed by atoms with E-state index in [1.807, 2.05) is 0 Å². The number of fused-ring (bicyclic) bond motifs is 1. The number of benzene rings is 2. The molecule has 0 aliphatic rings. The summed E-state index contributed by atoms with van der Waals surface area (Å²) >= 11 is 0. The highest BCUT2D eigenvalue weighted by molar-refractivity contribution is 7.88. The smallest absolute Gasteiger partial charge is 0.497 e. The highest BCUT2D eigenvalue weighted by Crippen LogP contribution is 2.34. The molecule has 0 atom stereocenters. The molecule has 0 spiro atoms. The minimum Gasteiger partial charge on any atom is -0.497 e. The van der Waals surface area contributed by atoms with Gasteiger partial charge in [-0.25, -0.2) is 4.79 Å². The van der Waals surface area contributed by atoms with E-state index in [1.165, 1.54) is 31.4 Å². The van der Waals surface area contributed by atoms with Crippen molar-refractivity contribution in [2.24, 2.45) is 0 Å². The molecule has 0 N–H and O–H groups in total. The van der Waals surface area contributed by atoms with Crippen LogP contribution in [0.4, 0.5) is 13.2 Å². The van der Waals surface area contributed by atoms with Gasteiger partial charge in [0.2, 0.25) is 0 Å². The Bertz CT molecular complexity index is 905. The maximum absolute atomic E-state index is 12.6. The SMILES string of the molecule is CCOC(=O)c1cc(OS(=O)(=O)C(F)(F)F)c2ccc(OC)cc2c1. The van der Waals surface area contributed by atoms with E-state index in [2.05, 4.69) is 4.18 Å². The van der Waals surface area contributed by atoms with Gasteiger partial charge in [-0.3, -0.25) is 0 Å². The average Bonchev–Trinajstić information content (AvgIpc) is 2.52. The summed E-state index contributed by atoms with van der Waals surface area (Å²) in [6.07, 6.45) is 0. The molecule has 10 heteroatoms. The van der Waals surface area contributed by atoms with Gasteiger partial charge in [0, 0.05) is 5.39 Å². The molecule has 2 aromatic rings. The molecule has 0 amide bonds. The van der Waals surface area contributed by atoms with E-state index < -0.39 is 27.3 Å². The molecule has 0 aliphatic heterocycles. The Morgan fingerprint density at radius 1 is 1.16 bits per heavy atom. The Morgan fingerprint density at radius 2 is 1.84 bits per heavy atom. The van der Waals surface area contributed by atoms with Crippen LogP contribution in [0.15, 0.2) is 30.3 Å². The fourth-order valence-corrected chi connectivity index (χ4v) is 2.48. The topological polar surface area (TPSA) is 78.9 Å². The second-order valence-electron chi connectivity index (χ2n) is 4.77. The van der Waals surface area contributed by atoms with Gasteiger partial charge in [0.15, 0.2) is 5.75 Å². The van der Waals surface area contributed by atoms with Gasteiger partial charge >= 0.3 is 21.6 Å². The first-order valence-corrected chi connectivity index (χ1v) is 8.29. The molecule has 136 valence electrons. The van der Waals surface area contributed by atoms with Crippen LogP contribution in [-0.2, 0) is 14.9 Å². The van der Waals surface area contributed by atoms with E-state index in [9.17, 15) is 26.4 Å². The van der Waals surface area contributed by atoms with E-state index in [0.717, 1.165) is 6.07 Å². The lowest BCUT2D eigenvalue weighted by Gasteiger charge is -2.13. The second kappa shape index (κ2) is 6.79. The quantitative estimate of drug-likeness (QED) is 0.451. The van der Waals surface area contributed by atoms with Crippen LogP contribution in [0.1, 0.15) is 17.3 Å². The first-order chi connectivity index (χ1) is 11.6. The minimum absolute atomic E-state index is 0.0338. The van der Waals surface area contributed by atoms with Crippen LogP contribution in [-0.4, -0.2) is 33.6 Å². The van der Waals surface area contributed by atoms with Crippen molar-refractivity contribution in [2.75, 3.05) is 13.7 Å². The lowest BCUT2D eigenvalue weighted by Crippen LogP contribution is -2.28. The molecule has 0 saturated carbocycles. The van der Waals surface area contributed by atoms with Crippen LogP contribution in [0.5, 0.6) is 11.5 Å². The van der Waals surface area contributed by atoms with Crippen molar-refractivity contribution in [3.8, 4) is 11.5 Å². The Hall–Kier alpha value is -2.49. The molecule has 25 heavy (non-hydrogen) atoms. The molecule has 0 aromatic heterocycles. The summed E-state index contributed by atoms with van der Waals surface area (Å²) in [4.78, 5) is 11.9. The van der Waals surface area contributed by atoms with E-state index in [0.29, 0.717) is 5.75 Å². The van der Waals surface area contributed by atoms with Gasteiger partial charge in [-0.2, -0.15) is 21.6 Å². The van der Waals surface area contributed by atoms with E-state index in [4.69, 9.17) is 9.47 Å². The molecule has 0 unspecified atom stereocenters. The van der Waals surface area contributed by atoms with Gasteiger partial charge in [0.1, 0.15) is 5.75 Å². The predicted molar refractivity (Wildman–Crippen MR) is 82.1 cm³/mol. The Morgan fingerprint density at radius 3 is 2.40 bits per heavy atom. The monoisotopic (exact) mass is 378 g/mol. The van der Waals surface area contributed by atoms with Crippen molar-refractivity contribution in [1.82, 2.24) is 0 Å². The number of hydrogen-bond acceptors (Lipinski definition) is 6. The maximum Gasteiger partial charge on any atom is 0.534 e. The fourth-order valence-electron chi connectivity index (χ4n) is 2.01. The third kappa shape index (κ3) is 3.95. The van der Waals surface area contributed by atoms with E-state index in [1.54, 1.807) is 6.92 Å². The molecule has 2 rings (SSSR count). The van der Waals surface area contributed by atoms with Crippen molar-refractivity contribution < 1.29 is 40.0 Å². The minimum atomic E-state index is -5.90. The Labute approximate surface area is 141 Å². The van der Waals surface area contributed by atoms with Gasteiger partial charge in [-0.1, -0.05) is 0 Å². The lowest BCUT2D eigenvalue weighted by atomic mass is 10.1. The predicted octanol–water partition coefficient (Wildman–Crippen LogP) is 3.25. The number of rotatable bonds is 5. The summed E-state index contributed by atoms with van der Waals surface area (Å²) < 4.78 is 74.4. The fraction of sp³-hybridized carbons (Fsp3) is 0.267. The van der Waals surface area contributed by atoms with Crippen LogP contribution in [0, 0.1) is 0 Å². The molecule has 0 bridgehead atoms. The van der Waals surface area contributed by atoms with Crippen LogP contribution in [0.3, 0.4) is 0 Å². The van der Waals surface area contributed by atoms with Gasteiger partial charge in [0.25, 0.3) is 0 Å². The van der Waals surface area contributed by atoms with Gasteiger partial charge in [0.05, 0.1) is 19.3 Å². The number of esters is 1. The summed E-state index contributed by atoms with van der Waals surface area (Å²) in [7, 11) is -4.52. The molecular formula is C15H13F3O6S. The van der Waals surface area contributed by atoms with Crippen molar-refractivity contribution in [3.63, 3.8) is 0 Å². The first-order valence-electron chi connectivity index (χ1n) is 6.88. The van der Waals surface area contributed by atoms with Crippen molar-refractivity contribution in [1.29, 1.82) is 0 Å². The number of halogens is 3. The Balaban J connectivity index is 2.66. The van der Waals surface area contributed by atoms with Crippen molar-refractivity contribution in [3.05, 3.63) is 35.9 Å². The summed E-state index contributed by atoms with van der Waals surface area (Å²) in [5.41, 5.74) is -5.76. The molecule has 0 saturated heterocycles. The van der Waals surface area contributed by atoms with Crippen LogP contribution < -0.4 is 8.92 Å². The van der Waals surface area contributed by atoms with Crippen molar-refractivity contribution in [2.45, 2.75) is 12.4 Å². The zero-order valence-corrected chi connectivity index (χ0v) is 13.9. The molecule has 2 aromatic carbocycles. The number of carbonyl (C=O) groups is 1. The maximum atomic E-state index is 12.6. The number of ether oxygens (including phenoxy) is 2. The van der Waals surface area contributed by atoms with E-state index >= 15 is 0 Å². The highest BCUT2D eigenvalue weighted by Gasteiger charge is 2.48. The average molecular weight is 378 g/mol. The molecular weight excluding hydrogens is 365 g/mol. The molecule has 0 fully saturated rings. The number of carbonyl (C=O) groups excluding carboxylic acids is 1. The number of alkyl halides is 3. The van der Waals surface area contributed by atoms with Crippen molar-refractivity contribution >= 4 is 26.9 Å². The van der Waals surface area contributed by atoms with Gasteiger partial charge in [-0.15, -0.1) is 0 Å². The van der Waals surface area contributed by atoms with E-state index in [-0.39, 0.29) is 22.9 Å². The largest absolute Gasteiger partial charge is 0.534 e. The van der Waals surface area contributed by atoms with Crippen LogP contribution in [0.2, 0.25) is 0 Å². The van der Waals surface area contributed by atoms with Gasteiger partial charge in [-0.05, 0) is 42.6 Å². The summed E-state index contributed by atoms with van der Waals surface area (Å²) in [6, 6.07) is 6.38. The normalized spacial score (nSPS) is 12.0. The molecule has 0 heterocycles. The molecule has 6 nitrogen and oxygen atoms in total. The van der Waals surface area contributed by atoms with Crippen LogP contribution >= 0.6 is 0 Å². The molecule has 0 aliphatic carbocycles. The third-order valence-electron chi connectivity index (χ3n) is 3.12. The van der Waals surface area contributed by atoms with Gasteiger partial charge < -0.3 is 13.7 Å². The number of hydrogen-bond donors (Lipinski definition) is 0. The summed E-state index contributed by atoms with van der Waals surface area (Å²) in [5, 5.41) is 0.305. The zero-order valence-electron chi connectivity index (χ0n) is 13.1. The lowest BCUT2D eigenvalue weighted by molar-refractivity contribution is -0.0499. The third-order valence-corrected chi connectivity index (χ3v) is 4.08. The first kappa shape index (κ1) is 18.8. The van der Waals surface area contributed by atoms with Crippen LogP contribution in [0.25, 0.3) is 10.8 Å². The zero-order chi connectivity index (χ0) is 18.8. The Kier molecular flexibility index (Phi) is 5.12. The standard InChI is InChI=1S/C15H13F3O6S/c1-3-23-14(19)10-6-9-7-11(22-2)4-5-12(9)13(8-10)24-25(20,21)15(16,17)18/h4-8H,3H2,1-2H3. The summed E-state index contributed by atoms with van der Waals surface area (Å²) in [6.45, 7) is 1.58. The molecule has 0 radical (unpaired) electrons. The summed E-state index contributed by atoms with van der Waals surface area (Å²) in [5.74, 6) is -1.11.